The Bertz CT molecular complexity index is 180. The van der Waals surface area contributed by atoms with Gasteiger partial charge >= 0.3 is 0 Å². The Morgan fingerprint density at radius 2 is 2.00 bits per heavy atom. The van der Waals surface area contributed by atoms with Crippen LogP contribution in [0.4, 0.5) is 0 Å². The maximum absolute atomic E-state index is 5.55. The number of hydrogen-bond acceptors (Lipinski definition) is 3. The highest BCUT2D eigenvalue weighted by atomic mass is 16.5. The molecule has 0 radical (unpaired) electrons. The van der Waals surface area contributed by atoms with Crippen molar-refractivity contribution in [3.05, 3.63) is 0 Å². The minimum atomic E-state index is 0.165. The van der Waals surface area contributed by atoms with E-state index in [1.54, 1.807) is 7.11 Å². The summed E-state index contributed by atoms with van der Waals surface area (Å²) in [5.41, 5.74) is 0.165. The van der Waals surface area contributed by atoms with Crippen molar-refractivity contribution in [2.45, 2.75) is 49.9 Å². The molecule has 0 atom stereocenters. The first-order valence-corrected chi connectivity index (χ1v) is 5.59. The molecule has 0 aromatic rings. The minimum absolute atomic E-state index is 0.165. The van der Waals surface area contributed by atoms with Crippen LogP contribution in [0.5, 0.6) is 0 Å². The molecule has 2 fully saturated rings. The van der Waals surface area contributed by atoms with Gasteiger partial charge in [0.2, 0.25) is 0 Å². The first-order chi connectivity index (χ1) is 6.78. The Morgan fingerprint density at radius 1 is 1.29 bits per heavy atom. The number of methoxy groups -OCH3 is 2. The zero-order valence-electron chi connectivity index (χ0n) is 9.21. The third-order valence-electron chi connectivity index (χ3n) is 3.84. The fourth-order valence-electron chi connectivity index (χ4n) is 2.28. The molecule has 0 heterocycles. The molecule has 3 nitrogen and oxygen atoms in total. The zero-order valence-corrected chi connectivity index (χ0v) is 9.21. The monoisotopic (exact) mass is 199 g/mol. The lowest BCUT2D eigenvalue weighted by molar-refractivity contribution is -0.0764. The molecule has 3 heteroatoms. The number of rotatable bonds is 5. The summed E-state index contributed by atoms with van der Waals surface area (Å²) in [6.45, 7) is 1.02. The van der Waals surface area contributed by atoms with Crippen LogP contribution in [0.2, 0.25) is 0 Å². The summed E-state index contributed by atoms with van der Waals surface area (Å²) in [7, 11) is 3.63. The number of nitrogens with one attached hydrogen (secondary N) is 1. The van der Waals surface area contributed by atoms with Gasteiger partial charge in [-0.2, -0.15) is 0 Å². The van der Waals surface area contributed by atoms with Gasteiger partial charge in [0.05, 0.1) is 11.7 Å². The maximum atomic E-state index is 5.55. The summed E-state index contributed by atoms with van der Waals surface area (Å²) < 4.78 is 10.8. The average Bonchev–Trinajstić information content (AvgIpc) is 2.06. The van der Waals surface area contributed by atoms with E-state index in [9.17, 15) is 0 Å². The van der Waals surface area contributed by atoms with Gasteiger partial charge < -0.3 is 14.8 Å². The predicted molar refractivity (Wildman–Crippen MR) is 55.4 cm³/mol. The van der Waals surface area contributed by atoms with Crippen LogP contribution in [0.15, 0.2) is 0 Å². The molecule has 2 aliphatic carbocycles. The molecule has 0 saturated heterocycles. The highest BCUT2D eigenvalue weighted by Crippen LogP contribution is 2.35. The van der Waals surface area contributed by atoms with Gasteiger partial charge in [-0.05, 0) is 32.1 Å². The normalized spacial score (nSPS) is 34.7. The lowest BCUT2D eigenvalue weighted by Crippen LogP contribution is -2.54. The highest BCUT2D eigenvalue weighted by Gasteiger charge is 2.38. The van der Waals surface area contributed by atoms with Gasteiger partial charge in [0.15, 0.2) is 0 Å². The van der Waals surface area contributed by atoms with Crippen LogP contribution in [0.1, 0.15) is 32.1 Å². The fraction of sp³-hybridized carbons (Fsp3) is 1.00. The summed E-state index contributed by atoms with van der Waals surface area (Å²) in [6.07, 6.45) is 6.58. The molecule has 0 bridgehead atoms. The van der Waals surface area contributed by atoms with E-state index in [1.807, 2.05) is 7.11 Å². The van der Waals surface area contributed by atoms with Crippen LogP contribution < -0.4 is 5.32 Å². The SMILES string of the molecule is COC1CC(NCC2(OC)CCC2)C1. The van der Waals surface area contributed by atoms with Gasteiger partial charge in [0.25, 0.3) is 0 Å². The summed E-state index contributed by atoms with van der Waals surface area (Å²) >= 11 is 0. The molecule has 0 unspecified atom stereocenters. The predicted octanol–water partition coefficient (Wildman–Crippen LogP) is 1.32. The molecule has 0 aliphatic heterocycles. The van der Waals surface area contributed by atoms with Gasteiger partial charge in [0.1, 0.15) is 0 Å². The molecule has 0 amide bonds. The smallest absolute Gasteiger partial charge is 0.0802 e. The Balaban J connectivity index is 1.63. The minimum Gasteiger partial charge on any atom is -0.381 e. The van der Waals surface area contributed by atoms with E-state index in [0.717, 1.165) is 19.4 Å². The van der Waals surface area contributed by atoms with Crippen molar-refractivity contribution in [3.63, 3.8) is 0 Å². The standard InChI is InChI=1S/C11H21NO2/c1-13-10-6-9(7-10)12-8-11(14-2)4-3-5-11/h9-10,12H,3-8H2,1-2H3. The molecular weight excluding hydrogens is 178 g/mol. The van der Waals surface area contributed by atoms with Gasteiger partial charge in [-0.25, -0.2) is 0 Å². The van der Waals surface area contributed by atoms with Crippen molar-refractivity contribution in [2.24, 2.45) is 0 Å². The van der Waals surface area contributed by atoms with E-state index >= 15 is 0 Å². The second kappa shape index (κ2) is 4.17. The Kier molecular flexibility index (Phi) is 3.10. The van der Waals surface area contributed by atoms with E-state index in [2.05, 4.69) is 5.32 Å². The van der Waals surface area contributed by atoms with Crippen LogP contribution >= 0.6 is 0 Å². The molecule has 0 spiro atoms. The molecule has 0 aromatic carbocycles. The zero-order chi connectivity index (χ0) is 10.0. The van der Waals surface area contributed by atoms with Crippen molar-refractivity contribution in [1.82, 2.24) is 5.32 Å². The van der Waals surface area contributed by atoms with Crippen LogP contribution in [0.25, 0.3) is 0 Å². The van der Waals surface area contributed by atoms with Crippen molar-refractivity contribution in [3.8, 4) is 0 Å². The van der Waals surface area contributed by atoms with E-state index in [0.29, 0.717) is 12.1 Å². The average molecular weight is 199 g/mol. The Labute approximate surface area is 86.2 Å². The second-order valence-electron chi connectivity index (χ2n) is 4.65. The molecule has 0 aromatic heterocycles. The molecule has 82 valence electrons. The largest absolute Gasteiger partial charge is 0.381 e. The third kappa shape index (κ3) is 1.95. The van der Waals surface area contributed by atoms with Crippen LogP contribution in [-0.4, -0.2) is 38.5 Å². The van der Waals surface area contributed by atoms with Crippen molar-refractivity contribution < 1.29 is 9.47 Å². The third-order valence-corrected chi connectivity index (χ3v) is 3.84. The Hall–Kier alpha value is -0.120. The van der Waals surface area contributed by atoms with Crippen LogP contribution in [-0.2, 0) is 9.47 Å². The van der Waals surface area contributed by atoms with Gasteiger partial charge in [0, 0.05) is 26.8 Å². The molecule has 1 N–H and O–H groups in total. The number of ether oxygens (including phenoxy) is 2. The van der Waals surface area contributed by atoms with Crippen molar-refractivity contribution in [2.75, 3.05) is 20.8 Å². The lowest BCUT2D eigenvalue weighted by Gasteiger charge is -2.43. The lowest BCUT2D eigenvalue weighted by atomic mass is 9.79. The van der Waals surface area contributed by atoms with E-state index < -0.39 is 0 Å². The molecule has 2 aliphatic rings. The number of hydrogen-bond donors (Lipinski definition) is 1. The van der Waals surface area contributed by atoms with Crippen molar-refractivity contribution >= 4 is 0 Å². The summed E-state index contributed by atoms with van der Waals surface area (Å²) in [6, 6.07) is 0.660. The topological polar surface area (TPSA) is 30.5 Å². The summed E-state index contributed by atoms with van der Waals surface area (Å²) in [4.78, 5) is 0. The van der Waals surface area contributed by atoms with Crippen molar-refractivity contribution in [1.29, 1.82) is 0 Å². The van der Waals surface area contributed by atoms with E-state index in [-0.39, 0.29) is 5.60 Å². The molecule has 2 rings (SSSR count). The fourth-order valence-corrected chi connectivity index (χ4v) is 2.28. The first kappa shape index (κ1) is 10.4. The summed E-state index contributed by atoms with van der Waals surface area (Å²) in [5, 5.41) is 3.57. The second-order valence-corrected chi connectivity index (χ2v) is 4.65. The van der Waals surface area contributed by atoms with E-state index in [4.69, 9.17) is 9.47 Å². The Morgan fingerprint density at radius 3 is 2.43 bits per heavy atom. The quantitative estimate of drug-likeness (QED) is 0.724. The molecule has 14 heavy (non-hydrogen) atoms. The van der Waals surface area contributed by atoms with Gasteiger partial charge in [-0.15, -0.1) is 0 Å². The van der Waals surface area contributed by atoms with Crippen LogP contribution in [0, 0.1) is 0 Å². The van der Waals surface area contributed by atoms with Gasteiger partial charge in [-0.1, -0.05) is 0 Å². The first-order valence-electron chi connectivity index (χ1n) is 5.59. The van der Waals surface area contributed by atoms with Gasteiger partial charge in [-0.3, -0.25) is 0 Å². The molecule has 2 saturated carbocycles. The highest BCUT2D eigenvalue weighted by molar-refractivity contribution is 4.94. The maximum Gasteiger partial charge on any atom is 0.0802 e. The molecular formula is C11H21NO2. The summed E-state index contributed by atoms with van der Waals surface area (Å²) in [5.74, 6) is 0. The van der Waals surface area contributed by atoms with E-state index in [1.165, 1.54) is 19.3 Å². The van der Waals surface area contributed by atoms with Crippen LogP contribution in [0.3, 0.4) is 0 Å².